The summed E-state index contributed by atoms with van der Waals surface area (Å²) >= 11 is 0. The number of hydrogen-bond acceptors (Lipinski definition) is 5. The van der Waals surface area contributed by atoms with Gasteiger partial charge in [-0.1, -0.05) is 13.3 Å². The van der Waals surface area contributed by atoms with E-state index in [1.807, 2.05) is 7.05 Å². The highest BCUT2D eigenvalue weighted by Crippen LogP contribution is 2.31. The van der Waals surface area contributed by atoms with Crippen molar-refractivity contribution in [1.82, 2.24) is 24.7 Å². The lowest BCUT2D eigenvalue weighted by Gasteiger charge is -2.30. The number of nitrogens with one attached hydrogen (secondary N) is 1. The number of likely N-dealkylation sites (N-methyl/N-ethyl adjacent to an activating group) is 3. The van der Waals surface area contributed by atoms with Crippen LogP contribution < -0.4 is 10.2 Å². The van der Waals surface area contributed by atoms with Gasteiger partial charge < -0.3 is 19.7 Å². The molecule has 0 spiro atoms. The van der Waals surface area contributed by atoms with Gasteiger partial charge >= 0.3 is 0 Å². The molecular weight excluding hydrogens is 360 g/mol. The number of anilines is 1. The first-order valence-corrected chi connectivity index (χ1v) is 11.4. The zero-order valence-corrected chi connectivity index (χ0v) is 19.1. The van der Waals surface area contributed by atoms with Gasteiger partial charge in [-0.15, -0.1) is 0 Å². The fraction of sp³-hybridized carbons (Fsp3) is 0.696. The van der Waals surface area contributed by atoms with E-state index in [4.69, 9.17) is 4.98 Å². The molecule has 2 heterocycles. The van der Waals surface area contributed by atoms with E-state index in [-0.39, 0.29) is 0 Å². The summed E-state index contributed by atoms with van der Waals surface area (Å²) in [6, 6.07) is 7.18. The minimum absolute atomic E-state index is 0.407. The Hall–Kier alpha value is -1.63. The number of nitrogens with zero attached hydrogens (tertiary/aromatic N) is 5. The molecule has 1 aromatic heterocycles. The third kappa shape index (κ3) is 5.11. The van der Waals surface area contributed by atoms with Crippen LogP contribution in [0.25, 0.3) is 11.0 Å². The molecule has 29 heavy (non-hydrogen) atoms. The van der Waals surface area contributed by atoms with Gasteiger partial charge in [0.1, 0.15) is 5.82 Å². The Bertz CT molecular complexity index is 770. The van der Waals surface area contributed by atoms with Crippen LogP contribution in [-0.4, -0.2) is 79.8 Å². The average Bonchev–Trinajstić information content (AvgIpc) is 2.96. The van der Waals surface area contributed by atoms with Crippen molar-refractivity contribution in [2.75, 3.05) is 65.3 Å². The van der Waals surface area contributed by atoms with E-state index in [9.17, 15) is 0 Å². The normalized spacial score (nSPS) is 17.6. The molecule has 162 valence electrons. The van der Waals surface area contributed by atoms with Crippen molar-refractivity contribution in [2.24, 2.45) is 0 Å². The van der Waals surface area contributed by atoms with E-state index in [1.165, 1.54) is 49.4 Å². The fourth-order valence-corrected chi connectivity index (χ4v) is 4.50. The van der Waals surface area contributed by atoms with E-state index in [0.29, 0.717) is 6.04 Å². The minimum atomic E-state index is 0.407. The van der Waals surface area contributed by atoms with Crippen molar-refractivity contribution in [2.45, 2.75) is 45.7 Å². The van der Waals surface area contributed by atoms with Gasteiger partial charge in [-0.05, 0) is 58.6 Å². The number of fused-ring (bicyclic) bond motifs is 1. The molecule has 0 bridgehead atoms. The summed E-state index contributed by atoms with van der Waals surface area (Å²) in [6.45, 7) is 12.1. The summed E-state index contributed by atoms with van der Waals surface area (Å²) < 4.78 is 2.45. The maximum Gasteiger partial charge on any atom is 0.127 e. The molecule has 0 radical (unpaired) electrons. The molecule has 2 aromatic rings. The summed E-state index contributed by atoms with van der Waals surface area (Å²) in [5.74, 6) is 1.25. The van der Waals surface area contributed by atoms with Crippen LogP contribution in [0.15, 0.2) is 18.2 Å². The monoisotopic (exact) mass is 400 g/mol. The maximum atomic E-state index is 5.22. The third-order valence-electron chi connectivity index (χ3n) is 6.27. The van der Waals surface area contributed by atoms with Crippen LogP contribution in [0.5, 0.6) is 0 Å². The zero-order chi connectivity index (χ0) is 20.8. The first kappa shape index (κ1) is 22.1. The molecule has 0 aliphatic carbocycles. The predicted octanol–water partition coefficient (Wildman–Crippen LogP) is 3.19. The number of benzene rings is 1. The van der Waals surface area contributed by atoms with Crippen molar-refractivity contribution in [3.63, 3.8) is 0 Å². The quantitative estimate of drug-likeness (QED) is 0.700. The van der Waals surface area contributed by atoms with Gasteiger partial charge in [0, 0.05) is 52.0 Å². The SMILES string of the molecule is CCCC(c1nc2cc(N(C)CCNC)ccc2n1CC)N1CCCN(C)CC1. The molecular formula is C23H40N6. The standard InChI is InChI=1S/C23H40N6/c1-6-9-22(28-14-8-13-26(4)16-17-28)23-25-20-18-19(27(5)15-12-24-3)10-11-21(20)29(23)7-2/h10-11,18,22,24H,6-9,12-17H2,1-5H3. The van der Waals surface area contributed by atoms with Crippen molar-refractivity contribution in [1.29, 1.82) is 0 Å². The lowest BCUT2D eigenvalue weighted by atomic mass is 10.1. The van der Waals surface area contributed by atoms with Gasteiger partial charge in [-0.25, -0.2) is 4.98 Å². The Labute approximate surface area is 176 Å². The molecule has 1 aliphatic rings. The molecule has 1 aliphatic heterocycles. The molecule has 6 heteroatoms. The van der Waals surface area contributed by atoms with Crippen LogP contribution in [0.2, 0.25) is 0 Å². The van der Waals surface area contributed by atoms with E-state index in [0.717, 1.165) is 38.2 Å². The highest BCUT2D eigenvalue weighted by Gasteiger charge is 2.26. The van der Waals surface area contributed by atoms with Gasteiger partial charge in [-0.3, -0.25) is 4.90 Å². The zero-order valence-electron chi connectivity index (χ0n) is 19.1. The second-order valence-corrected chi connectivity index (χ2v) is 8.41. The van der Waals surface area contributed by atoms with Crippen LogP contribution in [0.1, 0.15) is 45.0 Å². The average molecular weight is 401 g/mol. The second kappa shape index (κ2) is 10.4. The highest BCUT2D eigenvalue weighted by molar-refractivity contribution is 5.80. The Morgan fingerprint density at radius 3 is 2.72 bits per heavy atom. The Kier molecular flexibility index (Phi) is 7.92. The summed E-state index contributed by atoms with van der Waals surface area (Å²) in [5, 5.41) is 3.23. The van der Waals surface area contributed by atoms with Crippen molar-refractivity contribution in [3.8, 4) is 0 Å². The molecule has 1 unspecified atom stereocenters. The Morgan fingerprint density at radius 2 is 2.00 bits per heavy atom. The molecule has 1 atom stereocenters. The molecule has 3 rings (SSSR count). The smallest absolute Gasteiger partial charge is 0.127 e. The Morgan fingerprint density at radius 1 is 1.17 bits per heavy atom. The van der Waals surface area contributed by atoms with Crippen molar-refractivity contribution >= 4 is 16.7 Å². The molecule has 1 N–H and O–H groups in total. The fourth-order valence-electron chi connectivity index (χ4n) is 4.50. The van der Waals surface area contributed by atoms with Crippen LogP contribution in [-0.2, 0) is 6.54 Å². The number of rotatable bonds is 9. The largest absolute Gasteiger partial charge is 0.373 e. The van der Waals surface area contributed by atoms with Crippen LogP contribution in [0.4, 0.5) is 5.69 Å². The van der Waals surface area contributed by atoms with Gasteiger partial charge in [-0.2, -0.15) is 0 Å². The predicted molar refractivity (Wildman–Crippen MR) is 124 cm³/mol. The first-order chi connectivity index (χ1) is 14.1. The van der Waals surface area contributed by atoms with E-state index < -0.39 is 0 Å². The molecule has 1 saturated heterocycles. The highest BCUT2D eigenvalue weighted by atomic mass is 15.3. The molecule has 6 nitrogen and oxygen atoms in total. The van der Waals surface area contributed by atoms with E-state index in [2.05, 4.69) is 70.7 Å². The van der Waals surface area contributed by atoms with Crippen LogP contribution >= 0.6 is 0 Å². The summed E-state index contributed by atoms with van der Waals surface area (Å²) in [6.07, 6.45) is 3.59. The minimum Gasteiger partial charge on any atom is -0.373 e. The number of imidazole rings is 1. The lowest BCUT2D eigenvalue weighted by Crippen LogP contribution is -2.34. The van der Waals surface area contributed by atoms with E-state index in [1.54, 1.807) is 0 Å². The molecule has 1 fully saturated rings. The summed E-state index contributed by atoms with van der Waals surface area (Å²) in [7, 11) is 6.40. The topological polar surface area (TPSA) is 39.6 Å². The third-order valence-corrected chi connectivity index (χ3v) is 6.27. The van der Waals surface area contributed by atoms with Gasteiger partial charge in [0.15, 0.2) is 0 Å². The first-order valence-electron chi connectivity index (χ1n) is 11.4. The maximum absolute atomic E-state index is 5.22. The molecule has 0 amide bonds. The van der Waals surface area contributed by atoms with Crippen molar-refractivity contribution < 1.29 is 0 Å². The van der Waals surface area contributed by atoms with Gasteiger partial charge in [0.2, 0.25) is 0 Å². The van der Waals surface area contributed by atoms with Crippen LogP contribution in [0, 0.1) is 0 Å². The Balaban J connectivity index is 1.94. The number of aromatic nitrogens is 2. The number of hydrogen-bond donors (Lipinski definition) is 1. The number of aryl methyl sites for hydroxylation is 1. The lowest BCUT2D eigenvalue weighted by molar-refractivity contribution is 0.182. The van der Waals surface area contributed by atoms with Crippen LogP contribution in [0.3, 0.4) is 0 Å². The van der Waals surface area contributed by atoms with Crippen molar-refractivity contribution in [3.05, 3.63) is 24.0 Å². The van der Waals surface area contributed by atoms with Gasteiger partial charge in [0.25, 0.3) is 0 Å². The summed E-state index contributed by atoms with van der Waals surface area (Å²) in [4.78, 5) is 12.7. The second-order valence-electron chi connectivity index (χ2n) is 8.41. The molecule has 1 aromatic carbocycles. The van der Waals surface area contributed by atoms with E-state index >= 15 is 0 Å². The summed E-state index contributed by atoms with van der Waals surface area (Å²) in [5.41, 5.74) is 3.63. The molecule has 0 saturated carbocycles. The van der Waals surface area contributed by atoms with Gasteiger partial charge in [0.05, 0.1) is 17.1 Å².